The van der Waals surface area contributed by atoms with Crippen molar-refractivity contribution in [3.8, 4) is 0 Å². The van der Waals surface area contributed by atoms with E-state index < -0.39 is 0 Å². The molecule has 0 aliphatic carbocycles. The van der Waals surface area contributed by atoms with E-state index in [4.69, 9.17) is 4.74 Å². The Morgan fingerprint density at radius 2 is 1.86 bits per heavy atom. The van der Waals surface area contributed by atoms with Gasteiger partial charge in [-0.05, 0) is 22.9 Å². The highest BCUT2D eigenvalue weighted by Gasteiger charge is 2.15. The molecule has 0 unspecified atom stereocenters. The first-order valence-corrected chi connectivity index (χ1v) is 8.63. The second kappa shape index (κ2) is 8.94. The second-order valence-electron chi connectivity index (χ2n) is 4.51. The van der Waals surface area contributed by atoms with Gasteiger partial charge in [-0.1, -0.05) is 12.1 Å². The Hall–Kier alpha value is -1.21. The van der Waals surface area contributed by atoms with E-state index in [9.17, 15) is 4.79 Å². The maximum absolute atomic E-state index is 11.7. The maximum Gasteiger partial charge on any atom is 0.221 e. The SMILES string of the molecule is COCCNC(=O)CCNC(c1cccs1)c1cccs1. The number of rotatable bonds is 9. The van der Waals surface area contributed by atoms with Crippen molar-refractivity contribution in [3.63, 3.8) is 0 Å². The fourth-order valence-electron chi connectivity index (χ4n) is 1.96. The zero-order chi connectivity index (χ0) is 14.9. The zero-order valence-corrected chi connectivity index (χ0v) is 13.6. The summed E-state index contributed by atoms with van der Waals surface area (Å²) < 4.78 is 4.91. The van der Waals surface area contributed by atoms with Crippen molar-refractivity contribution < 1.29 is 9.53 Å². The molecule has 1 amide bonds. The molecule has 0 fully saturated rings. The maximum atomic E-state index is 11.7. The number of methoxy groups -OCH3 is 1. The smallest absolute Gasteiger partial charge is 0.221 e. The van der Waals surface area contributed by atoms with Crippen LogP contribution in [0.4, 0.5) is 0 Å². The number of thiophene rings is 2. The predicted molar refractivity (Wildman–Crippen MR) is 88.0 cm³/mol. The highest BCUT2D eigenvalue weighted by molar-refractivity contribution is 7.11. The summed E-state index contributed by atoms with van der Waals surface area (Å²) in [6.07, 6.45) is 0.469. The fraction of sp³-hybridized carbons (Fsp3) is 0.400. The molecule has 0 aliphatic heterocycles. The van der Waals surface area contributed by atoms with Crippen LogP contribution in [0.2, 0.25) is 0 Å². The van der Waals surface area contributed by atoms with Crippen molar-refractivity contribution in [2.24, 2.45) is 0 Å². The summed E-state index contributed by atoms with van der Waals surface area (Å²) in [4.78, 5) is 14.2. The quantitative estimate of drug-likeness (QED) is 0.697. The van der Waals surface area contributed by atoms with Gasteiger partial charge < -0.3 is 15.4 Å². The van der Waals surface area contributed by atoms with Crippen LogP contribution >= 0.6 is 22.7 Å². The molecule has 0 saturated carbocycles. The molecule has 0 aliphatic rings. The van der Waals surface area contributed by atoms with Gasteiger partial charge in [-0.2, -0.15) is 0 Å². The molecule has 0 bridgehead atoms. The lowest BCUT2D eigenvalue weighted by Crippen LogP contribution is -2.31. The molecule has 2 aromatic heterocycles. The summed E-state index contributed by atoms with van der Waals surface area (Å²) in [5, 5.41) is 10.5. The van der Waals surface area contributed by atoms with Gasteiger partial charge in [0.15, 0.2) is 0 Å². The molecule has 2 aromatic rings. The van der Waals surface area contributed by atoms with E-state index in [0.717, 1.165) is 0 Å². The minimum atomic E-state index is 0.0515. The Morgan fingerprint density at radius 1 is 1.19 bits per heavy atom. The van der Waals surface area contributed by atoms with E-state index in [1.165, 1.54) is 9.75 Å². The van der Waals surface area contributed by atoms with Gasteiger partial charge in [0, 0.05) is 36.4 Å². The molecule has 0 radical (unpaired) electrons. The lowest BCUT2D eigenvalue weighted by atomic mass is 10.2. The van der Waals surface area contributed by atoms with Crippen LogP contribution in [0, 0.1) is 0 Å². The van der Waals surface area contributed by atoms with E-state index >= 15 is 0 Å². The standard InChI is InChI=1S/C15H20N2O2S2/c1-19-9-8-16-14(18)6-7-17-15(12-4-2-10-20-12)13-5-3-11-21-13/h2-5,10-11,15,17H,6-9H2,1H3,(H,16,18). The van der Waals surface area contributed by atoms with E-state index in [-0.39, 0.29) is 11.9 Å². The van der Waals surface area contributed by atoms with Crippen LogP contribution < -0.4 is 10.6 Å². The summed E-state index contributed by atoms with van der Waals surface area (Å²) in [5.74, 6) is 0.0515. The monoisotopic (exact) mass is 324 g/mol. The van der Waals surface area contributed by atoms with Crippen molar-refractivity contribution in [2.75, 3.05) is 26.8 Å². The highest BCUT2D eigenvalue weighted by atomic mass is 32.1. The topological polar surface area (TPSA) is 50.4 Å². The Kier molecular flexibility index (Phi) is 6.88. The molecule has 2 rings (SSSR count). The van der Waals surface area contributed by atoms with Gasteiger partial charge in [0.05, 0.1) is 12.6 Å². The van der Waals surface area contributed by atoms with Crippen LogP contribution in [-0.4, -0.2) is 32.7 Å². The first-order valence-electron chi connectivity index (χ1n) is 6.87. The number of carbonyl (C=O) groups excluding carboxylic acids is 1. The largest absolute Gasteiger partial charge is 0.383 e. The van der Waals surface area contributed by atoms with Crippen LogP contribution in [0.15, 0.2) is 35.0 Å². The van der Waals surface area contributed by atoms with Crippen LogP contribution in [0.5, 0.6) is 0 Å². The highest BCUT2D eigenvalue weighted by Crippen LogP contribution is 2.28. The molecule has 0 aromatic carbocycles. The average molecular weight is 324 g/mol. The first kappa shape index (κ1) is 16.2. The molecule has 2 N–H and O–H groups in total. The van der Waals surface area contributed by atoms with Crippen LogP contribution in [-0.2, 0) is 9.53 Å². The molecule has 0 saturated heterocycles. The Morgan fingerprint density at radius 3 is 2.38 bits per heavy atom. The normalized spacial score (nSPS) is 11.0. The number of hydrogen-bond donors (Lipinski definition) is 2. The predicted octanol–water partition coefficient (Wildman–Crippen LogP) is 2.64. The molecule has 114 valence electrons. The van der Waals surface area contributed by atoms with E-state index in [0.29, 0.717) is 26.1 Å². The first-order chi connectivity index (χ1) is 10.3. The van der Waals surface area contributed by atoms with Gasteiger partial charge >= 0.3 is 0 Å². The van der Waals surface area contributed by atoms with Gasteiger partial charge in [0.1, 0.15) is 0 Å². The molecule has 6 heteroatoms. The zero-order valence-electron chi connectivity index (χ0n) is 12.0. The Labute approximate surface area is 133 Å². The number of amides is 1. The Balaban J connectivity index is 1.82. The molecule has 0 atom stereocenters. The average Bonchev–Trinajstić information content (AvgIpc) is 3.17. The van der Waals surface area contributed by atoms with Gasteiger partial charge in [0.2, 0.25) is 5.91 Å². The van der Waals surface area contributed by atoms with E-state index in [1.54, 1.807) is 29.8 Å². The summed E-state index contributed by atoms with van der Waals surface area (Å²) in [6.45, 7) is 1.76. The Bertz CT molecular complexity index is 478. The lowest BCUT2D eigenvalue weighted by Gasteiger charge is -2.16. The van der Waals surface area contributed by atoms with Crippen molar-refractivity contribution in [2.45, 2.75) is 12.5 Å². The third-order valence-corrected chi connectivity index (χ3v) is 4.86. The third kappa shape index (κ3) is 5.24. The summed E-state index contributed by atoms with van der Waals surface area (Å²) >= 11 is 3.46. The van der Waals surface area contributed by atoms with E-state index in [1.807, 2.05) is 0 Å². The van der Waals surface area contributed by atoms with Crippen molar-refractivity contribution in [1.82, 2.24) is 10.6 Å². The number of ether oxygens (including phenoxy) is 1. The lowest BCUT2D eigenvalue weighted by molar-refractivity contribution is -0.121. The minimum absolute atomic E-state index is 0.0515. The third-order valence-electron chi connectivity index (χ3n) is 2.98. The van der Waals surface area contributed by atoms with Gasteiger partial charge in [-0.25, -0.2) is 0 Å². The summed E-state index contributed by atoms with van der Waals surface area (Å²) in [5.41, 5.74) is 0. The second-order valence-corrected chi connectivity index (χ2v) is 6.47. The molecular weight excluding hydrogens is 304 g/mol. The molecule has 2 heterocycles. The van der Waals surface area contributed by atoms with Crippen molar-refractivity contribution in [1.29, 1.82) is 0 Å². The molecular formula is C15H20N2O2S2. The summed E-state index contributed by atoms with van der Waals surface area (Å²) in [6, 6.07) is 8.54. The fourth-order valence-corrected chi connectivity index (χ4v) is 3.67. The van der Waals surface area contributed by atoms with Gasteiger partial charge in [-0.3, -0.25) is 4.79 Å². The van der Waals surface area contributed by atoms with Gasteiger partial charge in [0.25, 0.3) is 0 Å². The minimum Gasteiger partial charge on any atom is -0.383 e. The molecule has 4 nitrogen and oxygen atoms in total. The molecule has 0 spiro atoms. The van der Waals surface area contributed by atoms with Crippen LogP contribution in [0.3, 0.4) is 0 Å². The van der Waals surface area contributed by atoms with Crippen molar-refractivity contribution in [3.05, 3.63) is 44.8 Å². The van der Waals surface area contributed by atoms with E-state index in [2.05, 4.69) is 45.7 Å². The van der Waals surface area contributed by atoms with Crippen LogP contribution in [0.25, 0.3) is 0 Å². The van der Waals surface area contributed by atoms with Crippen molar-refractivity contribution >= 4 is 28.6 Å². The van der Waals surface area contributed by atoms with Gasteiger partial charge in [-0.15, -0.1) is 22.7 Å². The van der Waals surface area contributed by atoms with Crippen LogP contribution in [0.1, 0.15) is 22.2 Å². The summed E-state index contributed by atoms with van der Waals surface area (Å²) in [7, 11) is 1.63. The number of carbonyl (C=O) groups is 1. The number of hydrogen-bond acceptors (Lipinski definition) is 5. The number of nitrogens with one attached hydrogen (secondary N) is 2. The molecule has 21 heavy (non-hydrogen) atoms.